The van der Waals surface area contributed by atoms with E-state index < -0.39 is 32.9 Å². The van der Waals surface area contributed by atoms with E-state index in [1.165, 1.54) is 6.07 Å². The molecule has 0 atom stereocenters. The molecular formula is C11H10FN3O4S. The third-order valence-corrected chi connectivity index (χ3v) is 3.84. The van der Waals surface area contributed by atoms with Gasteiger partial charge in [-0.25, -0.2) is 17.9 Å². The first-order valence-electron chi connectivity index (χ1n) is 5.40. The second-order valence-corrected chi connectivity index (χ2v) is 5.47. The molecule has 0 aliphatic rings. The summed E-state index contributed by atoms with van der Waals surface area (Å²) in [6.07, 6.45) is 0. The van der Waals surface area contributed by atoms with Gasteiger partial charge < -0.3 is 5.11 Å². The van der Waals surface area contributed by atoms with Crippen molar-refractivity contribution in [3.63, 3.8) is 0 Å². The molecule has 0 aliphatic carbocycles. The fraction of sp³-hybridized carbons (Fsp3) is 0.0909. The van der Waals surface area contributed by atoms with Crippen LogP contribution in [0.5, 0.6) is 0 Å². The molecule has 0 amide bonds. The van der Waals surface area contributed by atoms with E-state index in [1.54, 1.807) is 0 Å². The Morgan fingerprint density at radius 2 is 2.05 bits per heavy atom. The number of benzene rings is 1. The van der Waals surface area contributed by atoms with Gasteiger partial charge in [0.25, 0.3) is 15.6 Å². The molecule has 0 spiro atoms. The molecule has 1 aromatic heterocycles. The molecule has 7 nitrogen and oxygen atoms in total. The van der Waals surface area contributed by atoms with Crippen molar-refractivity contribution in [2.75, 3.05) is 4.72 Å². The maximum absolute atomic E-state index is 13.2. The second kappa shape index (κ2) is 5.39. The molecule has 9 heteroatoms. The van der Waals surface area contributed by atoms with E-state index in [0.29, 0.717) is 0 Å². The summed E-state index contributed by atoms with van der Waals surface area (Å²) in [6.45, 7) is -0.560. The zero-order chi connectivity index (χ0) is 14.8. The Bertz CT molecular complexity index is 768. The molecule has 0 saturated heterocycles. The number of hydrogen-bond donors (Lipinski definition) is 3. The van der Waals surface area contributed by atoms with E-state index >= 15 is 0 Å². The van der Waals surface area contributed by atoms with Gasteiger partial charge in [0, 0.05) is 6.07 Å². The predicted molar refractivity (Wildman–Crippen MR) is 68.0 cm³/mol. The van der Waals surface area contributed by atoms with Crippen LogP contribution in [0.2, 0.25) is 0 Å². The smallest absolute Gasteiger partial charge is 0.264 e. The molecule has 1 heterocycles. The van der Waals surface area contributed by atoms with Gasteiger partial charge in [0.1, 0.15) is 5.82 Å². The normalized spacial score (nSPS) is 11.3. The van der Waals surface area contributed by atoms with Gasteiger partial charge in [-0.2, -0.15) is 5.10 Å². The fourth-order valence-corrected chi connectivity index (χ4v) is 2.75. The number of aliphatic hydroxyl groups excluding tert-OH is 1. The highest BCUT2D eigenvalue weighted by Gasteiger charge is 2.19. The number of sulfonamides is 1. The first-order valence-corrected chi connectivity index (χ1v) is 6.88. The number of hydrogen-bond acceptors (Lipinski definition) is 5. The molecule has 0 saturated carbocycles. The topological polar surface area (TPSA) is 112 Å². The molecule has 3 N–H and O–H groups in total. The van der Waals surface area contributed by atoms with Crippen LogP contribution in [-0.4, -0.2) is 23.7 Å². The Morgan fingerprint density at radius 1 is 1.30 bits per heavy atom. The lowest BCUT2D eigenvalue weighted by molar-refractivity contribution is 0.278. The molecular weight excluding hydrogens is 289 g/mol. The first-order chi connectivity index (χ1) is 9.42. The van der Waals surface area contributed by atoms with Crippen molar-refractivity contribution in [2.24, 2.45) is 0 Å². The maximum atomic E-state index is 13.2. The Balaban J connectivity index is 2.42. The standard InChI is InChI=1S/C11H10FN3O4S/c12-8-2-1-7(6-16)9(5-8)20(18,19)15-10-3-4-11(17)14-13-10/h1-5,16H,6H2,(H,13,15)(H,14,17). The Kier molecular flexibility index (Phi) is 3.81. The van der Waals surface area contributed by atoms with Gasteiger partial charge in [0.2, 0.25) is 0 Å². The van der Waals surface area contributed by atoms with Gasteiger partial charge in [-0.1, -0.05) is 6.07 Å². The van der Waals surface area contributed by atoms with E-state index in [2.05, 4.69) is 14.9 Å². The average Bonchev–Trinajstić information content (AvgIpc) is 2.41. The summed E-state index contributed by atoms with van der Waals surface area (Å²) < 4.78 is 39.4. The molecule has 0 unspecified atom stereocenters. The minimum absolute atomic E-state index is 0.0447. The molecule has 0 bridgehead atoms. The zero-order valence-corrected chi connectivity index (χ0v) is 10.8. The van der Waals surface area contributed by atoms with Crippen molar-refractivity contribution in [2.45, 2.75) is 11.5 Å². The summed E-state index contributed by atoms with van der Waals surface area (Å²) in [5.41, 5.74) is -0.446. The third-order valence-electron chi connectivity index (χ3n) is 2.41. The number of H-pyrrole nitrogens is 1. The van der Waals surface area contributed by atoms with Crippen molar-refractivity contribution < 1.29 is 17.9 Å². The van der Waals surface area contributed by atoms with Crippen LogP contribution in [0.1, 0.15) is 5.56 Å². The molecule has 2 aromatic rings. The SMILES string of the molecule is O=c1ccc(NS(=O)(=O)c2cc(F)ccc2CO)n[nH]1. The number of rotatable bonds is 4. The Hall–Kier alpha value is -2.26. The summed E-state index contributed by atoms with van der Waals surface area (Å²) in [5, 5.41) is 14.6. The molecule has 106 valence electrons. The van der Waals surface area contributed by atoms with Gasteiger partial charge in [0.05, 0.1) is 11.5 Å². The summed E-state index contributed by atoms with van der Waals surface area (Å²) in [5.74, 6) is -0.880. The number of aromatic nitrogens is 2. The number of nitrogens with one attached hydrogen (secondary N) is 2. The maximum Gasteiger partial charge on any atom is 0.264 e. The van der Waals surface area contributed by atoms with Gasteiger partial charge in [0.15, 0.2) is 5.82 Å². The lowest BCUT2D eigenvalue weighted by Crippen LogP contribution is -2.18. The molecule has 0 fully saturated rings. The van der Waals surface area contributed by atoms with E-state index in [9.17, 15) is 17.6 Å². The first kappa shape index (κ1) is 14.2. The largest absolute Gasteiger partial charge is 0.392 e. The lowest BCUT2D eigenvalue weighted by Gasteiger charge is -2.10. The van der Waals surface area contributed by atoms with E-state index in [0.717, 1.165) is 24.3 Å². The summed E-state index contributed by atoms with van der Waals surface area (Å²) >= 11 is 0. The van der Waals surface area contributed by atoms with Crippen LogP contribution in [0.25, 0.3) is 0 Å². The minimum Gasteiger partial charge on any atom is -0.392 e. The Morgan fingerprint density at radius 3 is 2.65 bits per heavy atom. The summed E-state index contributed by atoms with van der Waals surface area (Å²) in [4.78, 5) is 10.4. The van der Waals surface area contributed by atoms with E-state index in [-0.39, 0.29) is 11.4 Å². The van der Waals surface area contributed by atoms with Gasteiger partial charge in [-0.15, -0.1) is 0 Å². The number of anilines is 1. The number of aliphatic hydroxyl groups is 1. The highest BCUT2D eigenvalue weighted by Crippen LogP contribution is 2.19. The number of nitrogens with zero attached hydrogens (tertiary/aromatic N) is 1. The molecule has 1 aromatic carbocycles. The molecule has 0 aliphatic heterocycles. The monoisotopic (exact) mass is 299 g/mol. The van der Waals surface area contributed by atoms with Crippen LogP contribution < -0.4 is 10.3 Å². The van der Waals surface area contributed by atoms with Crippen molar-refractivity contribution in [1.29, 1.82) is 0 Å². The molecule has 0 radical (unpaired) electrons. The number of aromatic amines is 1. The third kappa shape index (κ3) is 3.00. The van der Waals surface area contributed by atoms with Crippen LogP contribution in [-0.2, 0) is 16.6 Å². The van der Waals surface area contributed by atoms with Crippen molar-refractivity contribution in [3.8, 4) is 0 Å². The minimum atomic E-state index is -4.13. The van der Waals surface area contributed by atoms with Gasteiger partial charge >= 0.3 is 0 Å². The van der Waals surface area contributed by atoms with Crippen molar-refractivity contribution in [1.82, 2.24) is 10.2 Å². The fourth-order valence-electron chi connectivity index (χ4n) is 1.50. The average molecular weight is 299 g/mol. The van der Waals surface area contributed by atoms with E-state index in [4.69, 9.17) is 5.11 Å². The predicted octanol–water partition coefficient (Wildman–Crippen LogP) is 0.202. The number of halogens is 1. The molecule has 2 rings (SSSR count). The second-order valence-electron chi connectivity index (χ2n) is 3.82. The highest BCUT2D eigenvalue weighted by atomic mass is 32.2. The van der Waals surface area contributed by atoms with Crippen LogP contribution in [0.15, 0.2) is 40.0 Å². The van der Waals surface area contributed by atoms with Crippen LogP contribution in [0.4, 0.5) is 10.2 Å². The summed E-state index contributed by atoms with van der Waals surface area (Å²) in [6, 6.07) is 5.25. The van der Waals surface area contributed by atoms with Gasteiger partial charge in [-0.3, -0.25) is 9.52 Å². The Labute approximate surface area is 113 Å². The van der Waals surface area contributed by atoms with Crippen molar-refractivity contribution >= 4 is 15.8 Å². The zero-order valence-electron chi connectivity index (χ0n) is 10.00. The van der Waals surface area contributed by atoms with E-state index in [1.807, 2.05) is 0 Å². The van der Waals surface area contributed by atoms with Gasteiger partial charge in [-0.05, 0) is 23.8 Å². The van der Waals surface area contributed by atoms with Crippen LogP contribution >= 0.6 is 0 Å². The highest BCUT2D eigenvalue weighted by molar-refractivity contribution is 7.92. The van der Waals surface area contributed by atoms with Crippen LogP contribution in [0.3, 0.4) is 0 Å². The van der Waals surface area contributed by atoms with Crippen molar-refractivity contribution in [3.05, 3.63) is 52.1 Å². The van der Waals surface area contributed by atoms with Crippen LogP contribution in [0, 0.1) is 5.82 Å². The lowest BCUT2D eigenvalue weighted by atomic mass is 10.2. The quantitative estimate of drug-likeness (QED) is 0.746. The molecule has 20 heavy (non-hydrogen) atoms. The summed E-state index contributed by atoms with van der Waals surface area (Å²) in [7, 11) is -4.13.